The molecule has 1 N–H and O–H groups in total. The zero-order chi connectivity index (χ0) is 22.1. The highest BCUT2D eigenvalue weighted by molar-refractivity contribution is 6.22. The number of rotatable bonds is 5. The fourth-order valence-corrected chi connectivity index (χ4v) is 3.72. The lowest BCUT2D eigenvalue weighted by Crippen LogP contribution is -2.59. The summed E-state index contributed by atoms with van der Waals surface area (Å²) in [4.78, 5) is 39.7. The van der Waals surface area contributed by atoms with Gasteiger partial charge in [-0.3, -0.25) is 4.79 Å². The average molecular weight is 417 g/mol. The Hall–Kier alpha value is -3.99. The van der Waals surface area contributed by atoms with E-state index in [0.29, 0.717) is 22.6 Å². The summed E-state index contributed by atoms with van der Waals surface area (Å²) in [6.45, 7) is 3.39. The summed E-state index contributed by atoms with van der Waals surface area (Å²) in [7, 11) is 0. The highest BCUT2D eigenvalue weighted by Crippen LogP contribution is 2.32. The standard InChI is InChI=1S/C23H20N4O4/c1-14(2)25-19(28)13-27-22(29)21-20(17-5-3-4-6-18(17)31-21)26(23(27)30)12-16-9-7-15(11-24)8-10-16/h3-10,14,21H,12-13H2,1-2H3/p+1. The normalized spacial score (nSPS) is 17.2. The molecule has 4 rings (SSSR count). The Morgan fingerprint density at radius 2 is 1.90 bits per heavy atom. The molecule has 0 saturated heterocycles. The third-order valence-electron chi connectivity index (χ3n) is 5.07. The van der Waals surface area contributed by atoms with Crippen LogP contribution >= 0.6 is 0 Å². The van der Waals surface area contributed by atoms with E-state index >= 15 is 0 Å². The summed E-state index contributed by atoms with van der Waals surface area (Å²) in [5.74, 6) is -0.470. The van der Waals surface area contributed by atoms with E-state index in [1.807, 2.05) is 6.07 Å². The predicted molar refractivity (Wildman–Crippen MR) is 110 cm³/mol. The van der Waals surface area contributed by atoms with E-state index in [1.54, 1.807) is 56.3 Å². The van der Waals surface area contributed by atoms with Crippen LogP contribution in [0.4, 0.5) is 4.79 Å². The topological polar surface area (TPSA) is 103 Å². The maximum absolute atomic E-state index is 13.4. The number of urea groups is 1. The van der Waals surface area contributed by atoms with E-state index in [-0.39, 0.29) is 19.1 Å². The van der Waals surface area contributed by atoms with Crippen molar-refractivity contribution in [1.82, 2.24) is 10.2 Å². The van der Waals surface area contributed by atoms with Crippen molar-refractivity contribution in [3.05, 3.63) is 65.2 Å². The van der Waals surface area contributed by atoms with Crippen molar-refractivity contribution >= 4 is 23.6 Å². The molecule has 0 aromatic heterocycles. The van der Waals surface area contributed by atoms with Crippen molar-refractivity contribution in [2.24, 2.45) is 0 Å². The number of nitrogens with one attached hydrogen (secondary N) is 1. The number of para-hydroxylation sites is 1. The molecule has 2 aliphatic rings. The summed E-state index contributed by atoms with van der Waals surface area (Å²) in [6, 6.07) is 15.4. The van der Waals surface area contributed by atoms with Crippen LogP contribution in [0.3, 0.4) is 0 Å². The minimum atomic E-state index is -1.000. The fourth-order valence-electron chi connectivity index (χ4n) is 3.72. The number of carbonyl (C=O) groups excluding carboxylic acids is 3. The van der Waals surface area contributed by atoms with Gasteiger partial charge in [0.2, 0.25) is 0 Å². The number of benzene rings is 2. The Bertz CT molecular complexity index is 1140. The van der Waals surface area contributed by atoms with Crippen LogP contribution in [-0.2, 0) is 16.1 Å². The predicted octanol–water partition coefficient (Wildman–Crippen LogP) is 1.81. The molecule has 2 aliphatic heterocycles. The largest absolute Gasteiger partial charge is 0.501 e. The molecule has 0 fully saturated rings. The number of imide groups is 1. The van der Waals surface area contributed by atoms with E-state index in [2.05, 4.69) is 11.4 Å². The van der Waals surface area contributed by atoms with Crippen LogP contribution in [0, 0.1) is 11.3 Å². The third-order valence-corrected chi connectivity index (χ3v) is 5.07. The van der Waals surface area contributed by atoms with Crippen molar-refractivity contribution in [3.63, 3.8) is 0 Å². The number of ether oxygens (including phenoxy) is 1. The number of nitrogens with zero attached hydrogens (tertiary/aromatic N) is 3. The highest BCUT2D eigenvalue weighted by Gasteiger charge is 2.54. The van der Waals surface area contributed by atoms with E-state index in [9.17, 15) is 14.4 Å². The molecule has 4 amide bonds. The van der Waals surface area contributed by atoms with Crippen molar-refractivity contribution in [1.29, 1.82) is 5.26 Å². The molecule has 156 valence electrons. The van der Waals surface area contributed by atoms with Gasteiger partial charge in [0.15, 0.2) is 12.3 Å². The Balaban J connectivity index is 1.75. The molecule has 2 heterocycles. The first-order chi connectivity index (χ1) is 14.9. The first-order valence-electron chi connectivity index (χ1n) is 9.93. The lowest BCUT2D eigenvalue weighted by Gasteiger charge is -2.24. The zero-order valence-electron chi connectivity index (χ0n) is 17.2. The highest BCUT2D eigenvalue weighted by atomic mass is 16.5. The number of amides is 4. The molecule has 0 bridgehead atoms. The van der Waals surface area contributed by atoms with Gasteiger partial charge in [-0.2, -0.15) is 14.6 Å². The van der Waals surface area contributed by atoms with Gasteiger partial charge in [0.05, 0.1) is 17.2 Å². The monoisotopic (exact) mass is 417 g/mol. The maximum Gasteiger partial charge on any atom is 0.501 e. The molecule has 2 aromatic rings. The SMILES string of the molecule is CC(C)NC(=O)CN1C(=O)C2Oc3ccccc3C2=[N+](Cc2ccc(C#N)cc2)C1=O. The van der Waals surface area contributed by atoms with Gasteiger partial charge in [-0.15, -0.1) is 4.90 Å². The van der Waals surface area contributed by atoms with E-state index in [4.69, 9.17) is 10.00 Å². The first kappa shape index (κ1) is 20.3. The maximum atomic E-state index is 13.4. The molecular formula is C23H21N4O4+. The second-order valence-electron chi connectivity index (χ2n) is 7.70. The smallest absolute Gasteiger partial charge is 0.469 e. The van der Waals surface area contributed by atoms with Crippen LogP contribution in [0.1, 0.15) is 30.5 Å². The average Bonchev–Trinajstić information content (AvgIpc) is 3.14. The van der Waals surface area contributed by atoms with Crippen molar-refractivity contribution < 1.29 is 23.7 Å². The van der Waals surface area contributed by atoms with Crippen LogP contribution < -0.4 is 10.1 Å². The number of hydrogen-bond acceptors (Lipinski definition) is 5. The first-order valence-corrected chi connectivity index (χ1v) is 9.93. The van der Waals surface area contributed by atoms with Crippen LogP contribution in [0.5, 0.6) is 5.75 Å². The summed E-state index contributed by atoms with van der Waals surface area (Å²) >= 11 is 0. The van der Waals surface area contributed by atoms with Crippen LogP contribution in [0.15, 0.2) is 48.5 Å². The Morgan fingerprint density at radius 3 is 2.58 bits per heavy atom. The van der Waals surface area contributed by atoms with Gasteiger partial charge in [0, 0.05) is 6.04 Å². The van der Waals surface area contributed by atoms with Gasteiger partial charge in [-0.05, 0) is 43.7 Å². The lowest BCUT2D eigenvalue weighted by atomic mass is 10.0. The Labute approximate surface area is 179 Å². The number of hydrogen-bond donors (Lipinski definition) is 1. The van der Waals surface area contributed by atoms with Gasteiger partial charge >= 0.3 is 11.9 Å². The summed E-state index contributed by atoms with van der Waals surface area (Å²) in [5, 5.41) is 11.7. The fraction of sp³-hybridized carbons (Fsp3) is 0.261. The quantitative estimate of drug-likeness (QED) is 0.748. The molecule has 0 aliphatic carbocycles. The minimum absolute atomic E-state index is 0.119. The van der Waals surface area contributed by atoms with Crippen LogP contribution in [0.2, 0.25) is 0 Å². The van der Waals surface area contributed by atoms with Crippen LogP contribution in [0.25, 0.3) is 0 Å². The lowest BCUT2D eigenvalue weighted by molar-refractivity contribution is -0.456. The second kappa shape index (κ2) is 8.03. The Kier molecular flexibility index (Phi) is 5.26. The number of nitriles is 1. The van der Waals surface area contributed by atoms with E-state index in [1.165, 1.54) is 4.58 Å². The van der Waals surface area contributed by atoms with E-state index < -0.39 is 23.9 Å². The van der Waals surface area contributed by atoms with Gasteiger partial charge in [-0.1, -0.05) is 24.3 Å². The summed E-state index contributed by atoms with van der Waals surface area (Å²) in [5.41, 5.74) is 2.43. The molecule has 8 heteroatoms. The van der Waals surface area contributed by atoms with Crippen LogP contribution in [-0.4, -0.2) is 51.7 Å². The molecule has 0 spiro atoms. The number of fused-ring (bicyclic) bond motifs is 3. The van der Waals surface area contributed by atoms with Gasteiger partial charge in [-0.25, -0.2) is 4.79 Å². The van der Waals surface area contributed by atoms with Gasteiger partial charge in [0.25, 0.3) is 12.0 Å². The number of carbonyl (C=O) groups is 3. The molecule has 1 atom stereocenters. The van der Waals surface area contributed by atoms with Gasteiger partial charge in [0.1, 0.15) is 12.3 Å². The summed E-state index contributed by atoms with van der Waals surface area (Å²) in [6.07, 6.45) is -1.000. The zero-order valence-corrected chi connectivity index (χ0v) is 17.2. The molecule has 31 heavy (non-hydrogen) atoms. The van der Waals surface area contributed by atoms with Crippen molar-refractivity contribution in [2.45, 2.75) is 32.5 Å². The Morgan fingerprint density at radius 1 is 1.19 bits per heavy atom. The third kappa shape index (κ3) is 3.78. The summed E-state index contributed by atoms with van der Waals surface area (Å²) < 4.78 is 7.35. The van der Waals surface area contributed by atoms with Gasteiger partial charge < -0.3 is 10.1 Å². The second-order valence-corrected chi connectivity index (χ2v) is 7.70. The van der Waals surface area contributed by atoms with Crippen molar-refractivity contribution in [2.75, 3.05) is 6.54 Å². The molecule has 2 aromatic carbocycles. The molecule has 8 nitrogen and oxygen atoms in total. The van der Waals surface area contributed by atoms with Crippen molar-refractivity contribution in [3.8, 4) is 11.8 Å². The minimum Gasteiger partial charge on any atom is -0.469 e. The molecule has 1 unspecified atom stereocenters. The molecular weight excluding hydrogens is 396 g/mol. The molecule has 0 radical (unpaired) electrons. The van der Waals surface area contributed by atoms with E-state index in [0.717, 1.165) is 10.5 Å². The molecule has 0 saturated carbocycles.